The summed E-state index contributed by atoms with van der Waals surface area (Å²) < 4.78 is 0. The largest absolute Gasteiger partial charge is 0.391 e. The zero-order chi connectivity index (χ0) is 14.1. The van der Waals surface area contributed by atoms with E-state index in [1.807, 2.05) is 0 Å². The van der Waals surface area contributed by atoms with Crippen LogP contribution >= 0.6 is 0 Å². The molecule has 0 aromatic rings. The molecule has 2 saturated carbocycles. The van der Waals surface area contributed by atoms with Crippen LogP contribution in [0.25, 0.3) is 0 Å². The van der Waals surface area contributed by atoms with Crippen LogP contribution in [-0.2, 0) is 0 Å². The van der Waals surface area contributed by atoms with Crippen molar-refractivity contribution in [2.45, 2.75) is 78.2 Å². The lowest BCUT2D eigenvalue weighted by atomic mass is 9.60. The van der Waals surface area contributed by atoms with E-state index in [0.717, 1.165) is 44.4 Å². The summed E-state index contributed by atoms with van der Waals surface area (Å²) in [7, 11) is 0. The molecule has 2 nitrogen and oxygen atoms in total. The van der Waals surface area contributed by atoms with E-state index in [0.29, 0.717) is 11.3 Å². The van der Waals surface area contributed by atoms with E-state index in [4.69, 9.17) is 0 Å². The topological polar surface area (TPSA) is 44.0 Å². The molecule has 1 unspecified atom stereocenters. The molecule has 19 heavy (non-hydrogen) atoms. The summed E-state index contributed by atoms with van der Waals surface area (Å²) in [5.41, 5.74) is -0.109. The average molecular weight is 263 g/mol. The van der Waals surface area contributed by atoms with Crippen molar-refractivity contribution in [3.63, 3.8) is 0 Å². The normalized spacial score (nSPS) is 35.3. The fourth-order valence-electron chi connectivity index (χ4n) is 3.90. The molecule has 0 radical (unpaired) electrons. The van der Waals surface area contributed by atoms with Crippen molar-refractivity contribution in [1.82, 2.24) is 0 Å². The smallest absolute Gasteiger partial charge is 0.0835 e. The third-order valence-electron chi connectivity index (χ3n) is 5.79. The van der Waals surface area contributed by atoms with Gasteiger partial charge in [0.15, 0.2) is 0 Å². The quantitative estimate of drug-likeness (QED) is 0.808. The van der Waals surface area contributed by atoms with Crippen LogP contribution in [0.1, 0.15) is 72.1 Å². The molecule has 2 aliphatic rings. The molecule has 0 saturated heterocycles. The second kappa shape index (κ2) is 5.44. The summed E-state index contributed by atoms with van der Waals surface area (Å²) in [6.45, 7) is 6.86. The van der Waals surface area contributed by atoms with Gasteiger partial charge in [-0.15, -0.1) is 0 Å². The molecule has 0 bridgehead atoms. The highest BCUT2D eigenvalue weighted by molar-refractivity contribution is 5.08. The molecular formula is C17H29NO. The van der Waals surface area contributed by atoms with Gasteiger partial charge in [-0.05, 0) is 55.8 Å². The minimum atomic E-state index is -0.458. The lowest BCUT2D eigenvalue weighted by molar-refractivity contribution is -0.0384. The van der Waals surface area contributed by atoms with Gasteiger partial charge >= 0.3 is 0 Å². The zero-order valence-corrected chi connectivity index (χ0v) is 12.8. The Morgan fingerprint density at radius 2 is 1.58 bits per heavy atom. The molecule has 0 aliphatic heterocycles. The first-order valence-electron chi connectivity index (χ1n) is 7.98. The summed E-state index contributed by atoms with van der Waals surface area (Å²) >= 11 is 0. The second-order valence-corrected chi connectivity index (χ2v) is 7.90. The van der Waals surface area contributed by atoms with Crippen LogP contribution in [0.3, 0.4) is 0 Å². The number of rotatable bonds is 2. The summed E-state index contributed by atoms with van der Waals surface area (Å²) in [5.74, 6) is 1.16. The van der Waals surface area contributed by atoms with E-state index in [2.05, 4.69) is 26.8 Å². The molecule has 2 aliphatic carbocycles. The Morgan fingerprint density at radius 1 is 1.05 bits per heavy atom. The first-order valence-corrected chi connectivity index (χ1v) is 7.98. The standard InChI is InChI=1S/C17H29NO/c1-13-4-6-14(7-5-13)15(19)17(12-18)10-8-16(2,3)9-11-17/h13-15,19H,4-11H2,1-3H3. The molecule has 2 rings (SSSR count). The molecule has 2 heteroatoms. The van der Waals surface area contributed by atoms with Crippen LogP contribution in [0, 0.1) is 34.0 Å². The highest BCUT2D eigenvalue weighted by Gasteiger charge is 2.46. The molecule has 1 atom stereocenters. The number of nitriles is 1. The highest BCUT2D eigenvalue weighted by atomic mass is 16.3. The van der Waals surface area contributed by atoms with Gasteiger partial charge < -0.3 is 5.11 Å². The first kappa shape index (κ1) is 14.9. The van der Waals surface area contributed by atoms with E-state index in [1.54, 1.807) is 0 Å². The van der Waals surface area contributed by atoms with Gasteiger partial charge in [-0.3, -0.25) is 0 Å². The van der Waals surface area contributed by atoms with Crippen LogP contribution in [0.4, 0.5) is 0 Å². The van der Waals surface area contributed by atoms with Gasteiger partial charge in [0.2, 0.25) is 0 Å². The second-order valence-electron chi connectivity index (χ2n) is 7.90. The van der Waals surface area contributed by atoms with E-state index in [9.17, 15) is 10.4 Å². The SMILES string of the molecule is CC1CCC(C(O)C2(C#N)CCC(C)(C)CC2)CC1. The minimum Gasteiger partial charge on any atom is -0.391 e. The molecule has 1 N–H and O–H groups in total. The number of aliphatic hydroxyl groups is 1. The van der Waals surface area contributed by atoms with Gasteiger partial charge in [0.1, 0.15) is 0 Å². The molecule has 0 aromatic carbocycles. The Bertz CT molecular complexity index is 337. The van der Waals surface area contributed by atoms with E-state index in [-0.39, 0.29) is 0 Å². The van der Waals surface area contributed by atoms with E-state index < -0.39 is 11.5 Å². The summed E-state index contributed by atoms with van der Waals surface area (Å²) in [5, 5.41) is 20.4. The van der Waals surface area contributed by atoms with Crippen molar-refractivity contribution in [1.29, 1.82) is 5.26 Å². The van der Waals surface area contributed by atoms with Crippen molar-refractivity contribution in [2.24, 2.45) is 22.7 Å². The van der Waals surface area contributed by atoms with Crippen LogP contribution < -0.4 is 0 Å². The van der Waals surface area contributed by atoms with Crippen molar-refractivity contribution in [2.75, 3.05) is 0 Å². The van der Waals surface area contributed by atoms with Gasteiger partial charge in [0.25, 0.3) is 0 Å². The first-order chi connectivity index (χ1) is 8.88. The van der Waals surface area contributed by atoms with Crippen LogP contribution in [0.2, 0.25) is 0 Å². The van der Waals surface area contributed by atoms with Crippen molar-refractivity contribution >= 4 is 0 Å². The van der Waals surface area contributed by atoms with Gasteiger partial charge in [0.05, 0.1) is 17.6 Å². The zero-order valence-electron chi connectivity index (χ0n) is 12.8. The molecule has 0 heterocycles. The Labute approximate surface area is 118 Å². The summed E-state index contributed by atoms with van der Waals surface area (Å²) in [4.78, 5) is 0. The van der Waals surface area contributed by atoms with E-state index in [1.165, 1.54) is 12.8 Å². The molecular weight excluding hydrogens is 234 g/mol. The molecule has 0 amide bonds. The maximum Gasteiger partial charge on any atom is 0.0835 e. The third-order valence-corrected chi connectivity index (χ3v) is 5.79. The van der Waals surface area contributed by atoms with Gasteiger partial charge in [-0.2, -0.15) is 5.26 Å². The van der Waals surface area contributed by atoms with E-state index >= 15 is 0 Å². The lowest BCUT2D eigenvalue weighted by Crippen LogP contribution is -2.44. The van der Waals surface area contributed by atoms with Gasteiger partial charge in [0, 0.05) is 0 Å². The maximum absolute atomic E-state index is 10.8. The predicted octanol–water partition coefficient (Wildman–Crippen LogP) is 4.28. The fraction of sp³-hybridized carbons (Fsp3) is 0.941. The predicted molar refractivity (Wildman–Crippen MR) is 77.4 cm³/mol. The lowest BCUT2D eigenvalue weighted by Gasteiger charge is -2.45. The Morgan fingerprint density at radius 3 is 2.05 bits per heavy atom. The van der Waals surface area contributed by atoms with Crippen LogP contribution in [0.15, 0.2) is 0 Å². The van der Waals surface area contributed by atoms with Crippen molar-refractivity contribution in [3.8, 4) is 6.07 Å². The number of hydrogen-bond donors (Lipinski definition) is 1. The monoisotopic (exact) mass is 263 g/mol. The Balaban J connectivity index is 2.03. The highest BCUT2D eigenvalue weighted by Crippen LogP contribution is 2.49. The summed E-state index contributed by atoms with van der Waals surface area (Å²) in [6.07, 6.45) is 8.14. The Kier molecular flexibility index (Phi) is 4.26. The van der Waals surface area contributed by atoms with Gasteiger partial charge in [-0.1, -0.05) is 33.6 Å². The van der Waals surface area contributed by atoms with Gasteiger partial charge in [-0.25, -0.2) is 0 Å². The molecule has 0 aromatic heterocycles. The summed E-state index contributed by atoms with van der Waals surface area (Å²) in [6, 6.07) is 2.51. The third kappa shape index (κ3) is 3.14. The minimum absolute atomic E-state index is 0.348. The average Bonchev–Trinajstić information content (AvgIpc) is 2.40. The molecule has 108 valence electrons. The van der Waals surface area contributed by atoms with Crippen molar-refractivity contribution < 1.29 is 5.11 Å². The fourth-order valence-corrected chi connectivity index (χ4v) is 3.90. The van der Waals surface area contributed by atoms with Crippen LogP contribution in [0.5, 0.6) is 0 Å². The van der Waals surface area contributed by atoms with Crippen molar-refractivity contribution in [3.05, 3.63) is 0 Å². The number of hydrogen-bond acceptors (Lipinski definition) is 2. The van der Waals surface area contributed by atoms with Crippen LogP contribution in [-0.4, -0.2) is 11.2 Å². The molecule has 0 spiro atoms. The number of aliphatic hydroxyl groups excluding tert-OH is 1. The maximum atomic E-state index is 10.8. The Hall–Kier alpha value is -0.550. The number of nitrogens with zero attached hydrogens (tertiary/aromatic N) is 1. The molecule has 2 fully saturated rings.